The average Bonchev–Trinajstić information content (AvgIpc) is 2.81. The molecule has 3 heteroatoms. The zero-order chi connectivity index (χ0) is 22.2. The molecule has 0 spiro atoms. The molecule has 1 heterocycles. The maximum atomic E-state index is 5.90. The van der Waals surface area contributed by atoms with E-state index in [-0.39, 0.29) is 0 Å². The van der Waals surface area contributed by atoms with Gasteiger partial charge in [-0.05, 0) is 67.5 Å². The topological polar surface area (TPSA) is 31.4 Å². The fraction of sp³-hybridized carbons (Fsp3) is 0.607. The fourth-order valence-corrected chi connectivity index (χ4v) is 3.57. The molecule has 1 aromatic heterocycles. The van der Waals surface area contributed by atoms with Gasteiger partial charge in [-0.3, -0.25) is 4.98 Å². The number of nitrogens with zero attached hydrogens (tertiary/aromatic N) is 1. The molecule has 2 rings (SSSR count). The highest BCUT2D eigenvalue weighted by Crippen LogP contribution is 2.21. The van der Waals surface area contributed by atoms with Crippen LogP contribution in [0.25, 0.3) is 11.3 Å². The molecule has 31 heavy (non-hydrogen) atoms. The Hall–Kier alpha value is -1.87. The number of unbranched alkanes of at least 4 members (excludes halogenated alkanes) is 4. The van der Waals surface area contributed by atoms with Gasteiger partial charge < -0.3 is 9.47 Å². The summed E-state index contributed by atoms with van der Waals surface area (Å²) in [7, 11) is 0. The Morgan fingerprint density at radius 3 is 2.29 bits per heavy atom. The lowest BCUT2D eigenvalue weighted by atomic mass is 10.0. The predicted octanol–water partition coefficient (Wildman–Crippen LogP) is 7.87. The van der Waals surface area contributed by atoms with E-state index >= 15 is 0 Å². The maximum absolute atomic E-state index is 5.90. The molecule has 0 fully saturated rings. The standard InChI is InChI=1S/C28H43NO2/c1-4-6-9-20-30-21-11-13-25-14-19-28(29-23-25)26-15-17-27(18-16-26)31-22-10-7-8-12-24(3)5-2/h14-19,23-24H,4-13,20-22H2,1-3H3. The molecule has 0 saturated heterocycles. The van der Waals surface area contributed by atoms with Crippen LogP contribution in [-0.2, 0) is 11.2 Å². The molecule has 0 N–H and O–H groups in total. The van der Waals surface area contributed by atoms with E-state index in [1.165, 1.54) is 50.5 Å². The van der Waals surface area contributed by atoms with Gasteiger partial charge in [0.15, 0.2) is 0 Å². The number of hydrogen-bond donors (Lipinski definition) is 0. The van der Waals surface area contributed by atoms with Crippen LogP contribution in [0, 0.1) is 5.92 Å². The van der Waals surface area contributed by atoms with Gasteiger partial charge in [0.2, 0.25) is 0 Å². The molecule has 0 aliphatic carbocycles. The maximum Gasteiger partial charge on any atom is 0.119 e. The summed E-state index contributed by atoms with van der Waals surface area (Å²) in [5.41, 5.74) is 3.41. The number of rotatable bonds is 17. The first-order valence-corrected chi connectivity index (χ1v) is 12.5. The van der Waals surface area contributed by atoms with Crippen molar-refractivity contribution in [3.63, 3.8) is 0 Å². The van der Waals surface area contributed by atoms with Crippen LogP contribution in [-0.4, -0.2) is 24.8 Å². The molecule has 0 saturated carbocycles. The van der Waals surface area contributed by atoms with Crippen LogP contribution < -0.4 is 4.74 Å². The summed E-state index contributed by atoms with van der Waals surface area (Å²) in [6.45, 7) is 9.36. The van der Waals surface area contributed by atoms with Crippen LogP contribution in [0.1, 0.15) is 84.1 Å². The molecule has 1 atom stereocenters. The molecule has 0 aliphatic rings. The largest absolute Gasteiger partial charge is 0.494 e. The van der Waals surface area contributed by atoms with Crippen molar-refractivity contribution >= 4 is 0 Å². The van der Waals surface area contributed by atoms with Crippen molar-refractivity contribution in [3.05, 3.63) is 48.2 Å². The highest BCUT2D eigenvalue weighted by molar-refractivity contribution is 5.60. The van der Waals surface area contributed by atoms with Crippen molar-refractivity contribution < 1.29 is 9.47 Å². The molecule has 3 nitrogen and oxygen atoms in total. The average molecular weight is 426 g/mol. The van der Waals surface area contributed by atoms with Gasteiger partial charge in [0.25, 0.3) is 0 Å². The lowest BCUT2D eigenvalue weighted by Gasteiger charge is -2.09. The van der Waals surface area contributed by atoms with Crippen molar-refractivity contribution in [2.24, 2.45) is 5.92 Å². The van der Waals surface area contributed by atoms with E-state index in [1.807, 2.05) is 6.20 Å². The van der Waals surface area contributed by atoms with Crippen LogP contribution in [0.2, 0.25) is 0 Å². The highest BCUT2D eigenvalue weighted by Gasteiger charge is 2.02. The Kier molecular flexibility index (Phi) is 13.0. The first-order valence-electron chi connectivity index (χ1n) is 12.5. The van der Waals surface area contributed by atoms with Crippen molar-refractivity contribution in [3.8, 4) is 17.0 Å². The Bertz CT molecular complexity index is 681. The van der Waals surface area contributed by atoms with Gasteiger partial charge in [-0.15, -0.1) is 0 Å². The zero-order valence-electron chi connectivity index (χ0n) is 20.1. The monoisotopic (exact) mass is 425 g/mol. The van der Waals surface area contributed by atoms with Gasteiger partial charge in [0, 0.05) is 25.0 Å². The lowest BCUT2D eigenvalue weighted by molar-refractivity contribution is 0.128. The van der Waals surface area contributed by atoms with E-state index in [2.05, 4.69) is 62.2 Å². The highest BCUT2D eigenvalue weighted by atomic mass is 16.5. The molecule has 0 aliphatic heterocycles. The van der Waals surface area contributed by atoms with Crippen LogP contribution in [0.4, 0.5) is 0 Å². The third kappa shape index (κ3) is 10.8. The number of ether oxygens (including phenoxy) is 2. The SMILES string of the molecule is CCCCCOCCCc1ccc(-c2ccc(OCCCCCC(C)CC)cc2)nc1. The normalized spacial score (nSPS) is 12.1. The van der Waals surface area contributed by atoms with Gasteiger partial charge in [-0.2, -0.15) is 0 Å². The number of benzene rings is 1. The van der Waals surface area contributed by atoms with E-state index in [1.54, 1.807) is 0 Å². The number of hydrogen-bond acceptors (Lipinski definition) is 3. The summed E-state index contributed by atoms with van der Waals surface area (Å²) in [5, 5.41) is 0. The van der Waals surface area contributed by atoms with Crippen LogP contribution in [0.15, 0.2) is 42.6 Å². The van der Waals surface area contributed by atoms with Gasteiger partial charge >= 0.3 is 0 Å². The van der Waals surface area contributed by atoms with Gasteiger partial charge in [0.1, 0.15) is 5.75 Å². The second kappa shape index (κ2) is 15.9. The second-order valence-corrected chi connectivity index (χ2v) is 8.71. The van der Waals surface area contributed by atoms with E-state index in [9.17, 15) is 0 Å². The van der Waals surface area contributed by atoms with Crippen LogP contribution in [0.5, 0.6) is 5.75 Å². The van der Waals surface area contributed by atoms with Crippen molar-refractivity contribution in [1.29, 1.82) is 0 Å². The van der Waals surface area contributed by atoms with E-state index < -0.39 is 0 Å². The minimum Gasteiger partial charge on any atom is -0.494 e. The first kappa shape index (κ1) is 25.4. The third-order valence-corrected chi connectivity index (χ3v) is 5.93. The minimum atomic E-state index is 0.801. The van der Waals surface area contributed by atoms with Crippen LogP contribution in [0.3, 0.4) is 0 Å². The van der Waals surface area contributed by atoms with Gasteiger partial charge in [-0.1, -0.05) is 65.4 Å². The molecule has 0 radical (unpaired) electrons. The quantitative estimate of drug-likeness (QED) is 0.242. The van der Waals surface area contributed by atoms with Gasteiger partial charge in [0.05, 0.1) is 12.3 Å². The molecule has 0 amide bonds. The third-order valence-electron chi connectivity index (χ3n) is 5.93. The lowest BCUT2D eigenvalue weighted by Crippen LogP contribution is -1.99. The molecule has 2 aromatic rings. The van der Waals surface area contributed by atoms with Crippen molar-refractivity contribution in [1.82, 2.24) is 4.98 Å². The summed E-state index contributed by atoms with van der Waals surface area (Å²) in [6, 6.07) is 12.6. The Morgan fingerprint density at radius 2 is 1.58 bits per heavy atom. The van der Waals surface area contributed by atoms with Gasteiger partial charge in [-0.25, -0.2) is 0 Å². The molecule has 1 unspecified atom stereocenters. The summed E-state index contributed by atoms with van der Waals surface area (Å²) in [4.78, 5) is 4.65. The van der Waals surface area contributed by atoms with E-state index in [4.69, 9.17) is 9.47 Å². The molecular formula is C28H43NO2. The molecule has 172 valence electrons. The summed E-state index contributed by atoms with van der Waals surface area (Å²) in [6.07, 6.45) is 14.1. The number of pyridine rings is 1. The van der Waals surface area contributed by atoms with E-state index in [0.29, 0.717) is 0 Å². The zero-order valence-corrected chi connectivity index (χ0v) is 20.1. The fourth-order valence-electron chi connectivity index (χ4n) is 3.57. The Balaban J connectivity index is 1.65. The van der Waals surface area contributed by atoms with Crippen molar-refractivity contribution in [2.45, 2.75) is 85.0 Å². The number of aromatic nitrogens is 1. The molecular weight excluding hydrogens is 382 g/mol. The molecule has 0 bridgehead atoms. The smallest absolute Gasteiger partial charge is 0.119 e. The minimum absolute atomic E-state index is 0.801. The second-order valence-electron chi connectivity index (χ2n) is 8.71. The predicted molar refractivity (Wildman–Crippen MR) is 132 cm³/mol. The summed E-state index contributed by atoms with van der Waals surface area (Å²) >= 11 is 0. The first-order chi connectivity index (χ1) is 15.2. The molecule has 1 aromatic carbocycles. The number of aryl methyl sites for hydroxylation is 1. The van der Waals surface area contributed by atoms with Crippen LogP contribution >= 0.6 is 0 Å². The van der Waals surface area contributed by atoms with Crippen molar-refractivity contribution in [2.75, 3.05) is 19.8 Å². The summed E-state index contributed by atoms with van der Waals surface area (Å²) in [5.74, 6) is 1.80. The van der Waals surface area contributed by atoms with E-state index in [0.717, 1.165) is 62.0 Å². The summed E-state index contributed by atoms with van der Waals surface area (Å²) < 4.78 is 11.6. The Morgan fingerprint density at radius 1 is 0.806 bits per heavy atom. The Labute approximate surface area is 190 Å².